The number of methoxy groups -OCH3 is 1. The highest BCUT2D eigenvalue weighted by Gasteiger charge is 2.11. The molecule has 0 aliphatic heterocycles. The van der Waals surface area contributed by atoms with Crippen molar-refractivity contribution < 1.29 is 13.7 Å². The summed E-state index contributed by atoms with van der Waals surface area (Å²) in [5, 5.41) is 0. The Labute approximate surface area is 93.4 Å². The van der Waals surface area contributed by atoms with Crippen molar-refractivity contribution >= 4 is 16.7 Å². The third-order valence-corrected chi connectivity index (χ3v) is 3.11. The number of hydrogen-bond acceptors (Lipinski definition) is 4. The first-order chi connectivity index (χ1) is 7.11. The van der Waals surface area contributed by atoms with E-state index in [4.69, 9.17) is 10.5 Å². The quantitative estimate of drug-likeness (QED) is 0.598. The molecule has 0 aromatic rings. The summed E-state index contributed by atoms with van der Waals surface area (Å²) in [6.07, 6.45) is 0.771. The second kappa shape index (κ2) is 8.82. The molecule has 0 radical (unpaired) electrons. The van der Waals surface area contributed by atoms with E-state index in [0.717, 1.165) is 6.42 Å². The minimum atomic E-state index is -1.12. The molecule has 1 amide bonds. The Kier molecular flexibility index (Phi) is 8.55. The van der Waals surface area contributed by atoms with Crippen LogP contribution in [-0.2, 0) is 20.3 Å². The minimum absolute atomic E-state index is 0.0738. The van der Waals surface area contributed by atoms with Crippen molar-refractivity contribution in [1.29, 1.82) is 0 Å². The van der Waals surface area contributed by atoms with E-state index in [1.54, 1.807) is 19.1 Å². The predicted octanol–water partition coefficient (Wildman–Crippen LogP) is -0.811. The Morgan fingerprint density at radius 1 is 1.53 bits per heavy atom. The molecule has 15 heavy (non-hydrogen) atoms. The fourth-order valence-corrected chi connectivity index (χ4v) is 1.94. The summed E-state index contributed by atoms with van der Waals surface area (Å²) in [7, 11) is 2.12. The maximum absolute atomic E-state index is 11.5. The summed E-state index contributed by atoms with van der Waals surface area (Å²) in [4.78, 5) is 13.0. The van der Waals surface area contributed by atoms with E-state index >= 15 is 0 Å². The summed E-state index contributed by atoms with van der Waals surface area (Å²) in [6.45, 7) is 1.60. The zero-order chi connectivity index (χ0) is 11.7. The largest absolute Gasteiger partial charge is 0.384 e. The Bertz CT molecular complexity index is 212. The van der Waals surface area contributed by atoms with E-state index in [9.17, 15) is 9.00 Å². The minimum Gasteiger partial charge on any atom is -0.384 e. The molecule has 0 heterocycles. The van der Waals surface area contributed by atoms with Crippen LogP contribution in [0, 0.1) is 0 Å². The molecule has 0 saturated carbocycles. The van der Waals surface area contributed by atoms with Crippen molar-refractivity contribution in [3.8, 4) is 0 Å². The maximum Gasteiger partial charge on any atom is 0.234 e. The highest BCUT2D eigenvalue weighted by molar-refractivity contribution is 7.85. The summed E-state index contributed by atoms with van der Waals surface area (Å²) < 4.78 is 16.1. The van der Waals surface area contributed by atoms with Gasteiger partial charge in [-0.2, -0.15) is 0 Å². The van der Waals surface area contributed by atoms with Gasteiger partial charge in [-0.3, -0.25) is 9.00 Å². The smallest absolute Gasteiger partial charge is 0.234 e. The molecule has 0 aliphatic rings. The van der Waals surface area contributed by atoms with Gasteiger partial charge in [-0.15, -0.1) is 0 Å². The number of hydrogen-bond donors (Lipinski definition) is 1. The van der Waals surface area contributed by atoms with Crippen molar-refractivity contribution in [2.45, 2.75) is 6.42 Å². The van der Waals surface area contributed by atoms with Crippen LogP contribution in [0.5, 0.6) is 0 Å². The second-order valence-electron chi connectivity index (χ2n) is 3.24. The predicted molar refractivity (Wildman–Crippen MR) is 61.1 cm³/mol. The molecule has 0 saturated heterocycles. The molecule has 5 nitrogen and oxygen atoms in total. The van der Waals surface area contributed by atoms with E-state index in [0.29, 0.717) is 25.4 Å². The van der Waals surface area contributed by atoms with Gasteiger partial charge in [-0.25, -0.2) is 0 Å². The molecule has 0 spiro atoms. The van der Waals surface area contributed by atoms with Gasteiger partial charge in [0.1, 0.15) is 5.75 Å². The lowest BCUT2D eigenvalue weighted by Crippen LogP contribution is -2.33. The number of ether oxygens (including phenoxy) is 1. The molecular formula is C9H20N2O3S. The van der Waals surface area contributed by atoms with Gasteiger partial charge in [0.2, 0.25) is 5.91 Å². The number of nitrogens with zero attached hydrogens (tertiary/aromatic N) is 1. The number of carbonyl (C=O) groups excluding carboxylic acids is 1. The van der Waals surface area contributed by atoms with E-state index in [2.05, 4.69) is 0 Å². The van der Waals surface area contributed by atoms with E-state index < -0.39 is 10.8 Å². The van der Waals surface area contributed by atoms with E-state index in [1.165, 1.54) is 0 Å². The van der Waals surface area contributed by atoms with Gasteiger partial charge in [0.15, 0.2) is 0 Å². The Balaban J connectivity index is 3.75. The van der Waals surface area contributed by atoms with Crippen LogP contribution < -0.4 is 5.73 Å². The molecule has 0 fully saturated rings. The molecule has 0 bridgehead atoms. The van der Waals surface area contributed by atoms with Gasteiger partial charge in [-0.1, -0.05) is 0 Å². The molecule has 0 aliphatic carbocycles. The molecule has 0 aromatic carbocycles. The van der Waals surface area contributed by atoms with Gasteiger partial charge in [0.25, 0.3) is 0 Å². The molecular weight excluding hydrogens is 216 g/mol. The average Bonchev–Trinajstić information content (AvgIpc) is 2.22. The number of rotatable bonds is 8. The fraction of sp³-hybridized carbons (Fsp3) is 0.889. The Hall–Kier alpha value is -0.460. The first-order valence-electron chi connectivity index (χ1n) is 4.89. The third-order valence-electron chi connectivity index (χ3n) is 1.92. The zero-order valence-corrected chi connectivity index (χ0v) is 10.2. The van der Waals surface area contributed by atoms with Crippen molar-refractivity contribution in [1.82, 2.24) is 4.90 Å². The molecule has 1 unspecified atom stereocenters. The van der Waals surface area contributed by atoms with Crippen LogP contribution in [0.25, 0.3) is 0 Å². The standard InChI is InChI=1S/C9H20N2O3S/c1-11(5-3-4-10)9(12)8-15(13)7-6-14-2/h3-8,10H2,1-2H3. The van der Waals surface area contributed by atoms with Crippen LogP contribution in [0.15, 0.2) is 0 Å². The van der Waals surface area contributed by atoms with Crippen LogP contribution in [0.3, 0.4) is 0 Å². The fourth-order valence-electron chi connectivity index (χ4n) is 0.950. The van der Waals surface area contributed by atoms with E-state index in [-0.39, 0.29) is 11.7 Å². The molecule has 90 valence electrons. The van der Waals surface area contributed by atoms with Crippen molar-refractivity contribution in [2.75, 3.05) is 45.4 Å². The van der Waals surface area contributed by atoms with Crippen molar-refractivity contribution in [2.24, 2.45) is 5.73 Å². The molecule has 6 heteroatoms. The third kappa shape index (κ3) is 7.47. The zero-order valence-electron chi connectivity index (χ0n) is 9.40. The van der Waals surface area contributed by atoms with Gasteiger partial charge in [0.05, 0.1) is 6.61 Å². The normalized spacial score (nSPS) is 12.5. The number of carbonyl (C=O) groups is 1. The molecule has 1 atom stereocenters. The second-order valence-corrected chi connectivity index (χ2v) is 4.82. The van der Waals surface area contributed by atoms with Gasteiger partial charge >= 0.3 is 0 Å². The monoisotopic (exact) mass is 236 g/mol. The number of amides is 1. The Morgan fingerprint density at radius 3 is 2.73 bits per heavy atom. The highest BCUT2D eigenvalue weighted by Crippen LogP contribution is 1.92. The van der Waals surface area contributed by atoms with Crippen LogP contribution in [0.2, 0.25) is 0 Å². The van der Waals surface area contributed by atoms with Crippen LogP contribution in [0.1, 0.15) is 6.42 Å². The maximum atomic E-state index is 11.5. The summed E-state index contributed by atoms with van der Waals surface area (Å²) in [5.41, 5.74) is 5.33. The van der Waals surface area contributed by atoms with Gasteiger partial charge in [0, 0.05) is 37.3 Å². The lowest BCUT2D eigenvalue weighted by atomic mass is 10.4. The summed E-state index contributed by atoms with van der Waals surface area (Å²) in [5.74, 6) is 0.384. The summed E-state index contributed by atoms with van der Waals surface area (Å²) >= 11 is 0. The van der Waals surface area contributed by atoms with E-state index in [1.807, 2.05) is 0 Å². The van der Waals surface area contributed by atoms with Crippen molar-refractivity contribution in [3.63, 3.8) is 0 Å². The lowest BCUT2D eigenvalue weighted by molar-refractivity contribution is -0.127. The van der Waals surface area contributed by atoms with Crippen LogP contribution in [0.4, 0.5) is 0 Å². The SMILES string of the molecule is COCCS(=O)CC(=O)N(C)CCCN. The molecule has 0 rings (SSSR count). The number of nitrogens with two attached hydrogens (primary N) is 1. The first kappa shape index (κ1) is 14.5. The highest BCUT2D eigenvalue weighted by atomic mass is 32.2. The summed E-state index contributed by atoms with van der Waals surface area (Å²) in [6, 6.07) is 0. The first-order valence-corrected chi connectivity index (χ1v) is 6.38. The van der Waals surface area contributed by atoms with Gasteiger partial charge < -0.3 is 15.4 Å². The topological polar surface area (TPSA) is 72.6 Å². The average molecular weight is 236 g/mol. The Morgan fingerprint density at radius 2 is 2.20 bits per heavy atom. The van der Waals surface area contributed by atoms with Crippen LogP contribution >= 0.6 is 0 Å². The van der Waals surface area contributed by atoms with Crippen molar-refractivity contribution in [3.05, 3.63) is 0 Å². The van der Waals surface area contributed by atoms with Crippen LogP contribution in [-0.4, -0.2) is 60.4 Å². The molecule has 2 N–H and O–H groups in total. The molecule has 0 aromatic heterocycles. The van der Waals surface area contributed by atoms with Gasteiger partial charge in [-0.05, 0) is 13.0 Å². The lowest BCUT2D eigenvalue weighted by Gasteiger charge is -2.16.